The van der Waals surface area contributed by atoms with Crippen molar-refractivity contribution in [2.45, 2.75) is 39.0 Å². The number of amides is 1. The van der Waals surface area contributed by atoms with E-state index in [9.17, 15) is 4.79 Å². The second-order valence-electron chi connectivity index (χ2n) is 8.65. The van der Waals surface area contributed by atoms with E-state index >= 15 is 0 Å². The molecular formula is C22H39N7O. The molecule has 8 nitrogen and oxygen atoms in total. The van der Waals surface area contributed by atoms with Crippen LogP contribution in [-0.2, 0) is 4.79 Å². The summed E-state index contributed by atoms with van der Waals surface area (Å²) < 4.78 is 0. The number of carbonyl (C=O) groups excluding carboxylic acids is 1. The first kappa shape index (κ1) is 22.7. The Labute approximate surface area is 181 Å². The van der Waals surface area contributed by atoms with Crippen molar-refractivity contribution < 1.29 is 4.79 Å². The number of hydrogen-bond acceptors (Lipinski definition) is 7. The summed E-state index contributed by atoms with van der Waals surface area (Å²) in [7, 11) is 2.17. The molecule has 168 valence electrons. The van der Waals surface area contributed by atoms with Crippen LogP contribution in [0.25, 0.3) is 0 Å². The van der Waals surface area contributed by atoms with Crippen LogP contribution in [0.3, 0.4) is 0 Å². The highest BCUT2D eigenvalue weighted by molar-refractivity contribution is 5.75. The number of hydrogen-bond donors (Lipinski definition) is 2. The van der Waals surface area contributed by atoms with Gasteiger partial charge in [0.25, 0.3) is 0 Å². The van der Waals surface area contributed by atoms with Gasteiger partial charge in [-0.25, -0.2) is 9.97 Å². The van der Waals surface area contributed by atoms with Crippen molar-refractivity contribution in [1.29, 1.82) is 0 Å². The van der Waals surface area contributed by atoms with Gasteiger partial charge in [0, 0.05) is 71.4 Å². The van der Waals surface area contributed by atoms with Crippen molar-refractivity contribution in [1.82, 2.24) is 25.1 Å². The summed E-state index contributed by atoms with van der Waals surface area (Å²) in [5, 5.41) is 6.44. The fourth-order valence-electron chi connectivity index (χ4n) is 4.17. The van der Waals surface area contributed by atoms with Crippen LogP contribution in [0.2, 0.25) is 0 Å². The zero-order valence-corrected chi connectivity index (χ0v) is 18.8. The number of likely N-dealkylation sites (N-methyl/N-ethyl adjacent to an activating group) is 1. The SMILES string of the molecule is CCCNc1cc(N2CCC(CCC(=O)NCCN3CCN(C)CC3)CC2)ncn1. The first-order chi connectivity index (χ1) is 14.6. The summed E-state index contributed by atoms with van der Waals surface area (Å²) in [5.74, 6) is 2.74. The van der Waals surface area contributed by atoms with Gasteiger partial charge < -0.3 is 20.4 Å². The molecule has 0 saturated carbocycles. The summed E-state index contributed by atoms with van der Waals surface area (Å²) in [6.07, 6.45) is 6.60. The van der Waals surface area contributed by atoms with Gasteiger partial charge in [0.2, 0.25) is 5.91 Å². The van der Waals surface area contributed by atoms with Crippen molar-refractivity contribution in [3.63, 3.8) is 0 Å². The molecule has 8 heteroatoms. The van der Waals surface area contributed by atoms with E-state index in [-0.39, 0.29) is 5.91 Å². The van der Waals surface area contributed by atoms with Crippen molar-refractivity contribution in [3.05, 3.63) is 12.4 Å². The van der Waals surface area contributed by atoms with Crippen molar-refractivity contribution in [2.75, 3.05) is 76.2 Å². The molecule has 2 fully saturated rings. The lowest BCUT2D eigenvalue weighted by Gasteiger charge is -2.33. The Kier molecular flexibility index (Phi) is 9.14. The molecule has 30 heavy (non-hydrogen) atoms. The van der Waals surface area contributed by atoms with Crippen LogP contribution in [0.5, 0.6) is 0 Å². The molecule has 0 spiro atoms. The van der Waals surface area contributed by atoms with E-state index in [2.05, 4.69) is 49.3 Å². The summed E-state index contributed by atoms with van der Waals surface area (Å²) in [6, 6.07) is 2.05. The molecule has 2 aliphatic heterocycles. The Morgan fingerprint density at radius 3 is 2.60 bits per heavy atom. The van der Waals surface area contributed by atoms with Crippen LogP contribution in [0.4, 0.5) is 11.6 Å². The summed E-state index contributed by atoms with van der Waals surface area (Å²) >= 11 is 0. The van der Waals surface area contributed by atoms with Crippen molar-refractivity contribution in [3.8, 4) is 0 Å². The van der Waals surface area contributed by atoms with Crippen LogP contribution >= 0.6 is 0 Å². The maximum Gasteiger partial charge on any atom is 0.220 e. The summed E-state index contributed by atoms with van der Waals surface area (Å²) in [6.45, 7) is 11.3. The predicted octanol–water partition coefficient (Wildman–Crippen LogP) is 1.66. The second-order valence-corrected chi connectivity index (χ2v) is 8.65. The molecule has 0 unspecified atom stereocenters. The lowest BCUT2D eigenvalue weighted by molar-refractivity contribution is -0.121. The molecule has 0 atom stereocenters. The molecule has 3 heterocycles. The average molecular weight is 418 g/mol. The first-order valence-corrected chi connectivity index (χ1v) is 11.6. The minimum absolute atomic E-state index is 0.203. The Bertz CT molecular complexity index is 640. The van der Waals surface area contributed by atoms with Crippen LogP contribution in [0.15, 0.2) is 12.4 Å². The quantitative estimate of drug-likeness (QED) is 0.599. The number of aromatic nitrogens is 2. The van der Waals surface area contributed by atoms with Gasteiger partial charge in [-0.2, -0.15) is 0 Å². The Morgan fingerprint density at radius 1 is 1.10 bits per heavy atom. The molecular weight excluding hydrogens is 378 g/mol. The molecule has 1 amide bonds. The van der Waals surface area contributed by atoms with E-state index in [1.165, 1.54) is 0 Å². The average Bonchev–Trinajstić information content (AvgIpc) is 2.78. The van der Waals surface area contributed by atoms with Gasteiger partial charge >= 0.3 is 0 Å². The molecule has 3 rings (SSSR count). The first-order valence-electron chi connectivity index (χ1n) is 11.6. The van der Waals surface area contributed by atoms with E-state index in [1.807, 2.05) is 6.07 Å². The van der Waals surface area contributed by atoms with Crippen molar-refractivity contribution >= 4 is 17.5 Å². The van der Waals surface area contributed by atoms with E-state index in [0.717, 1.165) is 96.2 Å². The minimum atomic E-state index is 0.203. The highest BCUT2D eigenvalue weighted by Gasteiger charge is 2.21. The van der Waals surface area contributed by atoms with Gasteiger partial charge in [0.05, 0.1) is 0 Å². The fraction of sp³-hybridized carbons (Fsp3) is 0.773. The number of piperazine rings is 1. The molecule has 1 aromatic rings. The fourth-order valence-corrected chi connectivity index (χ4v) is 4.17. The Morgan fingerprint density at radius 2 is 1.87 bits per heavy atom. The molecule has 2 N–H and O–H groups in total. The highest BCUT2D eigenvalue weighted by Crippen LogP contribution is 2.25. The minimum Gasteiger partial charge on any atom is -0.370 e. The lowest BCUT2D eigenvalue weighted by Crippen LogP contribution is -2.46. The van der Waals surface area contributed by atoms with Crippen LogP contribution in [-0.4, -0.2) is 91.6 Å². The van der Waals surface area contributed by atoms with Crippen LogP contribution in [0, 0.1) is 5.92 Å². The van der Waals surface area contributed by atoms with E-state index in [4.69, 9.17) is 0 Å². The number of nitrogens with zero attached hydrogens (tertiary/aromatic N) is 5. The third-order valence-electron chi connectivity index (χ3n) is 6.27. The van der Waals surface area contributed by atoms with E-state index < -0.39 is 0 Å². The Balaban J connectivity index is 1.29. The molecule has 2 aliphatic rings. The number of piperidine rings is 1. The summed E-state index contributed by atoms with van der Waals surface area (Å²) in [5.41, 5.74) is 0. The molecule has 1 aromatic heterocycles. The molecule has 0 radical (unpaired) electrons. The maximum absolute atomic E-state index is 12.2. The van der Waals surface area contributed by atoms with E-state index in [0.29, 0.717) is 12.3 Å². The van der Waals surface area contributed by atoms with Gasteiger partial charge in [0.15, 0.2) is 0 Å². The third-order valence-corrected chi connectivity index (χ3v) is 6.27. The molecule has 0 aliphatic carbocycles. The van der Waals surface area contributed by atoms with Gasteiger partial charge in [-0.15, -0.1) is 0 Å². The standard InChI is InChI=1S/C22H39N7O/c1-3-8-23-20-17-21(26-18-25-20)29-10-6-19(7-11-29)4-5-22(30)24-9-12-28-15-13-27(2)14-16-28/h17-19H,3-16H2,1-2H3,(H,24,30)(H,23,25,26). The third kappa shape index (κ3) is 7.40. The van der Waals surface area contributed by atoms with Crippen LogP contribution < -0.4 is 15.5 Å². The molecule has 0 bridgehead atoms. The predicted molar refractivity (Wildman–Crippen MR) is 122 cm³/mol. The van der Waals surface area contributed by atoms with Crippen LogP contribution in [0.1, 0.15) is 39.0 Å². The summed E-state index contributed by atoms with van der Waals surface area (Å²) in [4.78, 5) is 28.1. The van der Waals surface area contributed by atoms with Crippen molar-refractivity contribution in [2.24, 2.45) is 5.92 Å². The topological polar surface area (TPSA) is 76.6 Å². The largest absolute Gasteiger partial charge is 0.370 e. The van der Waals surface area contributed by atoms with E-state index in [1.54, 1.807) is 6.33 Å². The van der Waals surface area contributed by atoms with Gasteiger partial charge in [0.1, 0.15) is 18.0 Å². The Hall–Kier alpha value is -1.93. The number of nitrogens with one attached hydrogen (secondary N) is 2. The van der Waals surface area contributed by atoms with Gasteiger partial charge in [-0.05, 0) is 38.6 Å². The monoisotopic (exact) mass is 417 g/mol. The second kappa shape index (κ2) is 12.1. The molecule has 0 aromatic carbocycles. The van der Waals surface area contributed by atoms with Gasteiger partial charge in [-0.1, -0.05) is 6.92 Å². The molecule has 2 saturated heterocycles. The zero-order valence-electron chi connectivity index (χ0n) is 18.8. The van der Waals surface area contributed by atoms with Gasteiger partial charge in [-0.3, -0.25) is 9.69 Å². The number of rotatable bonds is 10. The smallest absolute Gasteiger partial charge is 0.220 e. The maximum atomic E-state index is 12.2. The number of carbonyl (C=O) groups is 1. The lowest BCUT2D eigenvalue weighted by atomic mass is 9.92. The highest BCUT2D eigenvalue weighted by atomic mass is 16.1. The normalized spacial score (nSPS) is 19.1. The number of anilines is 2. The zero-order chi connectivity index (χ0) is 21.2.